The Hall–Kier alpha value is -3.90. The van der Waals surface area contributed by atoms with E-state index in [1.807, 2.05) is 49.4 Å². The summed E-state index contributed by atoms with van der Waals surface area (Å²) in [5, 5.41) is 16.7. The molecule has 2 aromatic heterocycles. The number of para-hydroxylation sites is 1. The molecule has 156 valence electrons. The molecule has 1 atom stereocenters. The van der Waals surface area contributed by atoms with Gasteiger partial charge in [-0.2, -0.15) is 23.9 Å². The molecule has 2 aromatic carbocycles. The Kier molecular flexibility index (Phi) is 7.19. The van der Waals surface area contributed by atoms with Crippen LogP contribution >= 0.6 is 13.5 Å². The zero-order chi connectivity index (χ0) is 20.8. The van der Waals surface area contributed by atoms with Crippen molar-refractivity contribution < 1.29 is 4.74 Å². The van der Waals surface area contributed by atoms with Crippen LogP contribution in [0.1, 0.15) is 12.5 Å². The van der Waals surface area contributed by atoms with E-state index in [-0.39, 0.29) is 19.6 Å². The SMILES string of the molecule is C[C@@H](Cn1cncn1)Oc1cc(-c2cnc(Nc3ccccc3)nc2)ccc1C#N.S. The van der Waals surface area contributed by atoms with Crippen LogP contribution in [0.3, 0.4) is 0 Å². The maximum absolute atomic E-state index is 9.44. The number of hydrogen-bond donors (Lipinski definition) is 1. The molecule has 4 aromatic rings. The Morgan fingerprint density at radius 1 is 1.10 bits per heavy atom. The van der Waals surface area contributed by atoms with E-state index in [0.717, 1.165) is 16.8 Å². The van der Waals surface area contributed by atoms with E-state index in [9.17, 15) is 5.26 Å². The quantitative estimate of drug-likeness (QED) is 0.473. The molecule has 0 saturated carbocycles. The second-order valence-corrected chi connectivity index (χ2v) is 6.66. The van der Waals surface area contributed by atoms with Gasteiger partial charge >= 0.3 is 0 Å². The lowest BCUT2D eigenvalue weighted by Gasteiger charge is -2.16. The lowest BCUT2D eigenvalue weighted by atomic mass is 10.1. The maximum Gasteiger partial charge on any atom is 0.227 e. The summed E-state index contributed by atoms with van der Waals surface area (Å²) < 4.78 is 7.70. The maximum atomic E-state index is 9.44. The van der Waals surface area contributed by atoms with E-state index in [1.54, 1.807) is 29.5 Å². The Balaban J connectivity index is 0.00000272. The molecule has 0 saturated heterocycles. The molecule has 0 fully saturated rings. The summed E-state index contributed by atoms with van der Waals surface area (Å²) in [5.74, 6) is 1.02. The zero-order valence-electron chi connectivity index (χ0n) is 16.8. The van der Waals surface area contributed by atoms with Crippen LogP contribution in [0, 0.1) is 11.3 Å². The first kappa shape index (κ1) is 21.8. The van der Waals surface area contributed by atoms with E-state index in [0.29, 0.717) is 23.8 Å². The van der Waals surface area contributed by atoms with Gasteiger partial charge in [-0.05, 0) is 36.8 Å². The molecule has 9 heteroatoms. The van der Waals surface area contributed by atoms with Crippen LogP contribution in [-0.4, -0.2) is 30.8 Å². The van der Waals surface area contributed by atoms with Crippen molar-refractivity contribution in [2.75, 3.05) is 5.32 Å². The number of ether oxygens (including phenoxy) is 1. The Labute approximate surface area is 187 Å². The highest BCUT2D eigenvalue weighted by atomic mass is 32.1. The van der Waals surface area contributed by atoms with Crippen molar-refractivity contribution in [1.82, 2.24) is 24.7 Å². The summed E-state index contributed by atoms with van der Waals surface area (Å²) in [4.78, 5) is 12.7. The highest BCUT2D eigenvalue weighted by Crippen LogP contribution is 2.28. The third-order valence-corrected chi connectivity index (χ3v) is 4.36. The fourth-order valence-corrected chi connectivity index (χ4v) is 2.93. The van der Waals surface area contributed by atoms with Crippen LogP contribution in [0.5, 0.6) is 5.75 Å². The van der Waals surface area contributed by atoms with Gasteiger partial charge in [-0.1, -0.05) is 24.3 Å². The van der Waals surface area contributed by atoms with E-state index < -0.39 is 0 Å². The predicted molar refractivity (Wildman–Crippen MR) is 122 cm³/mol. The minimum atomic E-state index is -0.192. The number of hydrogen-bond acceptors (Lipinski definition) is 7. The van der Waals surface area contributed by atoms with Crippen LogP contribution in [0.15, 0.2) is 73.6 Å². The summed E-state index contributed by atoms with van der Waals surface area (Å²) in [6, 6.07) is 17.3. The van der Waals surface area contributed by atoms with E-state index in [2.05, 4.69) is 31.4 Å². The first-order valence-electron chi connectivity index (χ1n) is 9.39. The Bertz CT molecular complexity index is 1140. The zero-order valence-corrected chi connectivity index (χ0v) is 17.8. The van der Waals surface area contributed by atoms with Gasteiger partial charge in [-0.3, -0.25) is 0 Å². The molecule has 1 N–H and O–H groups in total. The number of rotatable bonds is 7. The van der Waals surface area contributed by atoms with Gasteiger partial charge in [0.05, 0.1) is 12.1 Å². The highest BCUT2D eigenvalue weighted by molar-refractivity contribution is 7.59. The monoisotopic (exact) mass is 431 g/mol. The van der Waals surface area contributed by atoms with Gasteiger partial charge in [0.25, 0.3) is 0 Å². The number of nitriles is 1. The van der Waals surface area contributed by atoms with Gasteiger partial charge in [-0.15, -0.1) is 0 Å². The lowest BCUT2D eigenvalue weighted by molar-refractivity contribution is 0.193. The molecule has 2 heterocycles. The predicted octanol–water partition coefficient (Wildman–Crippen LogP) is 3.93. The van der Waals surface area contributed by atoms with Gasteiger partial charge in [0.1, 0.15) is 30.6 Å². The van der Waals surface area contributed by atoms with Crippen LogP contribution in [-0.2, 0) is 6.54 Å². The van der Waals surface area contributed by atoms with Crippen molar-refractivity contribution in [2.24, 2.45) is 0 Å². The molecular weight excluding hydrogens is 410 g/mol. The van der Waals surface area contributed by atoms with Crippen LogP contribution < -0.4 is 10.1 Å². The molecule has 8 nitrogen and oxygen atoms in total. The second-order valence-electron chi connectivity index (χ2n) is 6.66. The van der Waals surface area contributed by atoms with Gasteiger partial charge in [0.2, 0.25) is 5.95 Å². The number of nitrogens with zero attached hydrogens (tertiary/aromatic N) is 6. The van der Waals surface area contributed by atoms with Gasteiger partial charge < -0.3 is 10.1 Å². The lowest BCUT2D eigenvalue weighted by Crippen LogP contribution is -2.20. The molecule has 0 aliphatic rings. The van der Waals surface area contributed by atoms with Gasteiger partial charge in [-0.25, -0.2) is 19.6 Å². The number of benzene rings is 2. The average molecular weight is 432 g/mol. The summed E-state index contributed by atoms with van der Waals surface area (Å²) in [6.07, 6.45) is 6.39. The largest absolute Gasteiger partial charge is 0.487 e. The Morgan fingerprint density at radius 2 is 1.87 bits per heavy atom. The average Bonchev–Trinajstić information content (AvgIpc) is 3.28. The van der Waals surface area contributed by atoms with Crippen LogP contribution in [0.2, 0.25) is 0 Å². The van der Waals surface area contributed by atoms with Crippen molar-refractivity contribution in [3.8, 4) is 22.9 Å². The molecule has 0 unspecified atom stereocenters. The first-order valence-corrected chi connectivity index (χ1v) is 9.39. The topological polar surface area (TPSA) is 102 Å². The van der Waals surface area contributed by atoms with Crippen molar-refractivity contribution >= 4 is 25.1 Å². The number of aromatic nitrogens is 5. The molecule has 0 amide bonds. The van der Waals surface area contributed by atoms with Gasteiger partial charge in [0, 0.05) is 23.6 Å². The molecule has 0 bridgehead atoms. The van der Waals surface area contributed by atoms with Crippen LogP contribution in [0.4, 0.5) is 11.6 Å². The highest BCUT2D eigenvalue weighted by Gasteiger charge is 2.12. The fraction of sp³-hybridized carbons (Fsp3) is 0.136. The van der Waals surface area contributed by atoms with E-state index >= 15 is 0 Å². The van der Waals surface area contributed by atoms with Gasteiger partial charge in [0.15, 0.2) is 0 Å². The number of nitrogens with one attached hydrogen (secondary N) is 1. The molecule has 4 rings (SSSR count). The van der Waals surface area contributed by atoms with Crippen molar-refractivity contribution in [1.29, 1.82) is 5.26 Å². The fourth-order valence-electron chi connectivity index (χ4n) is 2.93. The third-order valence-electron chi connectivity index (χ3n) is 4.36. The first-order chi connectivity index (χ1) is 14.7. The molecule has 0 aliphatic carbocycles. The van der Waals surface area contributed by atoms with Crippen molar-refractivity contribution in [2.45, 2.75) is 19.6 Å². The smallest absolute Gasteiger partial charge is 0.227 e. The molecule has 0 aliphatic heterocycles. The van der Waals surface area contributed by atoms with E-state index in [1.165, 1.54) is 6.33 Å². The minimum absolute atomic E-state index is 0. The van der Waals surface area contributed by atoms with Crippen LogP contribution in [0.25, 0.3) is 11.1 Å². The Morgan fingerprint density at radius 3 is 2.55 bits per heavy atom. The summed E-state index contributed by atoms with van der Waals surface area (Å²) in [6.45, 7) is 2.45. The number of anilines is 2. The van der Waals surface area contributed by atoms with Crippen molar-refractivity contribution in [3.05, 3.63) is 79.1 Å². The molecule has 0 radical (unpaired) electrons. The summed E-state index contributed by atoms with van der Waals surface area (Å²) in [7, 11) is 0. The van der Waals surface area contributed by atoms with Crippen molar-refractivity contribution in [3.63, 3.8) is 0 Å². The summed E-state index contributed by atoms with van der Waals surface area (Å²) in [5.41, 5.74) is 3.07. The molecule has 31 heavy (non-hydrogen) atoms. The standard InChI is InChI=1S/C22H19N7O.H2S/c1-16(13-29-15-24-14-27-29)30-21-9-17(7-8-18(21)10-23)19-11-25-22(26-12-19)28-20-5-3-2-4-6-20;/h2-9,11-12,14-16H,13H2,1H3,(H,25,26,28);1H2/t16-;/m0./s1. The normalized spacial score (nSPS) is 11.1. The minimum Gasteiger partial charge on any atom is -0.487 e. The summed E-state index contributed by atoms with van der Waals surface area (Å²) >= 11 is 0. The molecule has 0 spiro atoms. The third kappa shape index (κ3) is 5.58. The van der Waals surface area contributed by atoms with E-state index in [4.69, 9.17) is 4.74 Å². The molecular formula is C22H21N7OS. The second kappa shape index (κ2) is 10.2.